The second-order valence-electron chi connectivity index (χ2n) is 7.74. The highest BCUT2D eigenvalue weighted by Gasteiger charge is 2.44. The number of amides is 1. The standard InChI is InChI=1S/C19H25FN2O4S/c20-15-4-6-16(7-5-15)27(24,25)22-9-10-26-18-8-3-14(11-17(18)22)19(23)21-12-13-1-2-13/h4-7,13-14,17-18H,1-3,8-12H2,(H,21,23)/t14-,17+,18+/m0/s1. The number of fused-ring (bicyclic) bond motifs is 1. The van der Waals surface area contributed by atoms with Crippen molar-refractivity contribution in [3.8, 4) is 0 Å². The Bertz CT molecular complexity index is 794. The van der Waals surface area contributed by atoms with E-state index in [4.69, 9.17) is 4.74 Å². The molecule has 1 aliphatic heterocycles. The lowest BCUT2D eigenvalue weighted by atomic mass is 9.82. The van der Waals surface area contributed by atoms with Gasteiger partial charge in [-0.05, 0) is 62.3 Å². The number of carbonyl (C=O) groups is 1. The normalized spacial score (nSPS) is 29.1. The molecule has 3 fully saturated rings. The van der Waals surface area contributed by atoms with Gasteiger partial charge >= 0.3 is 0 Å². The Balaban J connectivity index is 1.50. The first-order valence-electron chi connectivity index (χ1n) is 9.62. The monoisotopic (exact) mass is 396 g/mol. The van der Waals surface area contributed by atoms with Crippen molar-refractivity contribution >= 4 is 15.9 Å². The summed E-state index contributed by atoms with van der Waals surface area (Å²) in [7, 11) is -3.76. The van der Waals surface area contributed by atoms with Crippen LogP contribution >= 0.6 is 0 Å². The van der Waals surface area contributed by atoms with Crippen LogP contribution in [-0.4, -0.2) is 50.5 Å². The number of benzene rings is 1. The fourth-order valence-corrected chi connectivity index (χ4v) is 5.71. The molecule has 2 saturated carbocycles. The number of morpholine rings is 1. The maximum Gasteiger partial charge on any atom is 0.243 e. The molecule has 1 amide bonds. The first-order chi connectivity index (χ1) is 12.9. The lowest BCUT2D eigenvalue weighted by molar-refractivity contribution is -0.130. The van der Waals surface area contributed by atoms with Crippen molar-refractivity contribution in [1.29, 1.82) is 0 Å². The van der Waals surface area contributed by atoms with E-state index >= 15 is 0 Å². The van der Waals surface area contributed by atoms with Crippen LogP contribution in [0.5, 0.6) is 0 Å². The van der Waals surface area contributed by atoms with Crippen LogP contribution in [0.4, 0.5) is 4.39 Å². The highest BCUT2D eigenvalue weighted by atomic mass is 32.2. The summed E-state index contributed by atoms with van der Waals surface area (Å²) in [5, 5.41) is 3.01. The van der Waals surface area contributed by atoms with E-state index in [2.05, 4.69) is 5.32 Å². The number of ether oxygens (including phenoxy) is 1. The van der Waals surface area contributed by atoms with Crippen molar-refractivity contribution < 1.29 is 22.3 Å². The maximum atomic E-state index is 13.2. The molecule has 0 unspecified atom stereocenters. The number of hydrogen-bond donors (Lipinski definition) is 1. The summed E-state index contributed by atoms with van der Waals surface area (Å²) in [6, 6.07) is 4.52. The number of hydrogen-bond acceptors (Lipinski definition) is 4. The third kappa shape index (κ3) is 4.02. The quantitative estimate of drug-likeness (QED) is 0.825. The average molecular weight is 396 g/mol. The van der Waals surface area contributed by atoms with Crippen molar-refractivity contribution in [3.63, 3.8) is 0 Å². The molecule has 0 spiro atoms. The minimum absolute atomic E-state index is 0.0186. The summed E-state index contributed by atoms with van der Waals surface area (Å²) >= 11 is 0. The van der Waals surface area contributed by atoms with Crippen LogP contribution in [0, 0.1) is 17.7 Å². The number of nitrogens with one attached hydrogen (secondary N) is 1. The maximum absolute atomic E-state index is 13.2. The Kier molecular flexibility index (Phi) is 5.22. The fraction of sp³-hybridized carbons (Fsp3) is 0.632. The first-order valence-corrected chi connectivity index (χ1v) is 11.1. The Hall–Kier alpha value is -1.51. The first kappa shape index (κ1) is 18.8. The van der Waals surface area contributed by atoms with Crippen LogP contribution in [0.25, 0.3) is 0 Å². The minimum atomic E-state index is -3.76. The van der Waals surface area contributed by atoms with Gasteiger partial charge in [0.05, 0.1) is 23.6 Å². The number of nitrogens with zero attached hydrogens (tertiary/aromatic N) is 1. The molecule has 2 aliphatic carbocycles. The van der Waals surface area contributed by atoms with Crippen LogP contribution < -0.4 is 5.32 Å². The van der Waals surface area contributed by atoms with Gasteiger partial charge in [0, 0.05) is 19.0 Å². The smallest absolute Gasteiger partial charge is 0.243 e. The molecule has 0 bridgehead atoms. The molecule has 1 saturated heterocycles. The van der Waals surface area contributed by atoms with Gasteiger partial charge < -0.3 is 10.1 Å². The van der Waals surface area contributed by atoms with E-state index in [0.717, 1.165) is 18.7 Å². The molecule has 148 valence electrons. The highest BCUT2D eigenvalue weighted by Crippen LogP contribution is 2.35. The average Bonchev–Trinajstić information content (AvgIpc) is 3.50. The molecule has 0 radical (unpaired) electrons. The predicted molar refractivity (Wildman–Crippen MR) is 96.9 cm³/mol. The lowest BCUT2D eigenvalue weighted by Crippen LogP contribution is -2.57. The van der Waals surface area contributed by atoms with Gasteiger partial charge in [0.2, 0.25) is 15.9 Å². The summed E-state index contributed by atoms with van der Waals surface area (Å²) in [5.41, 5.74) is 0. The van der Waals surface area contributed by atoms with Gasteiger partial charge in [0.1, 0.15) is 5.82 Å². The van der Waals surface area contributed by atoms with E-state index in [9.17, 15) is 17.6 Å². The number of sulfonamides is 1. The third-order valence-electron chi connectivity index (χ3n) is 5.82. The fourth-order valence-electron chi connectivity index (χ4n) is 4.07. The van der Waals surface area contributed by atoms with E-state index in [0.29, 0.717) is 31.8 Å². The van der Waals surface area contributed by atoms with Crippen molar-refractivity contribution in [2.75, 3.05) is 19.7 Å². The number of halogens is 1. The topological polar surface area (TPSA) is 75.7 Å². The largest absolute Gasteiger partial charge is 0.375 e. The molecule has 1 aromatic rings. The van der Waals surface area contributed by atoms with Gasteiger partial charge in [-0.15, -0.1) is 0 Å². The molecule has 0 aromatic heterocycles. The number of carbonyl (C=O) groups excluding carboxylic acids is 1. The second kappa shape index (κ2) is 7.48. The number of rotatable bonds is 5. The second-order valence-corrected chi connectivity index (χ2v) is 9.64. The molecule has 4 rings (SSSR count). The summed E-state index contributed by atoms with van der Waals surface area (Å²) in [6.07, 6.45) is 3.99. The molecule has 1 N–H and O–H groups in total. The highest BCUT2D eigenvalue weighted by molar-refractivity contribution is 7.89. The summed E-state index contributed by atoms with van der Waals surface area (Å²) in [5.74, 6) is -0.0415. The van der Waals surface area contributed by atoms with E-state index in [1.54, 1.807) is 0 Å². The van der Waals surface area contributed by atoms with E-state index < -0.39 is 15.8 Å². The molecule has 1 aromatic carbocycles. The van der Waals surface area contributed by atoms with Crippen LogP contribution in [-0.2, 0) is 19.6 Å². The van der Waals surface area contributed by atoms with Gasteiger partial charge in [-0.25, -0.2) is 12.8 Å². The predicted octanol–water partition coefficient (Wildman–Crippen LogP) is 1.91. The van der Waals surface area contributed by atoms with Gasteiger partial charge in [-0.1, -0.05) is 0 Å². The zero-order valence-electron chi connectivity index (χ0n) is 15.1. The van der Waals surface area contributed by atoms with Gasteiger partial charge in [-0.3, -0.25) is 4.79 Å². The summed E-state index contributed by atoms with van der Waals surface area (Å²) < 4.78 is 46.6. The van der Waals surface area contributed by atoms with Gasteiger partial charge in [0.15, 0.2) is 0 Å². The Morgan fingerprint density at radius 1 is 1.19 bits per heavy atom. The van der Waals surface area contributed by atoms with Crippen LogP contribution in [0.2, 0.25) is 0 Å². The zero-order chi connectivity index (χ0) is 19.0. The summed E-state index contributed by atoms with van der Waals surface area (Å²) in [6.45, 7) is 1.30. The third-order valence-corrected chi connectivity index (χ3v) is 7.76. The van der Waals surface area contributed by atoms with Crippen molar-refractivity contribution in [1.82, 2.24) is 9.62 Å². The molecular weight excluding hydrogens is 371 g/mol. The Morgan fingerprint density at radius 2 is 1.93 bits per heavy atom. The molecule has 3 atom stereocenters. The Morgan fingerprint density at radius 3 is 2.63 bits per heavy atom. The lowest BCUT2D eigenvalue weighted by Gasteiger charge is -2.44. The molecule has 3 aliphatic rings. The summed E-state index contributed by atoms with van der Waals surface area (Å²) in [4.78, 5) is 12.6. The van der Waals surface area contributed by atoms with Crippen molar-refractivity contribution in [2.24, 2.45) is 11.8 Å². The van der Waals surface area contributed by atoms with E-state index in [1.807, 2.05) is 0 Å². The van der Waals surface area contributed by atoms with Gasteiger partial charge in [0.25, 0.3) is 0 Å². The molecule has 1 heterocycles. The Labute approximate surface area is 159 Å². The SMILES string of the molecule is O=C(NCC1CC1)[C@H]1CC[C@H]2OCCN(S(=O)(=O)c3ccc(F)cc3)[C@@H]2C1. The zero-order valence-corrected chi connectivity index (χ0v) is 16.0. The van der Waals surface area contributed by atoms with Crippen LogP contribution in [0.1, 0.15) is 32.1 Å². The molecular formula is C19H25FN2O4S. The molecule has 6 nitrogen and oxygen atoms in total. The molecule has 27 heavy (non-hydrogen) atoms. The van der Waals surface area contributed by atoms with Gasteiger partial charge in [-0.2, -0.15) is 4.31 Å². The van der Waals surface area contributed by atoms with E-state index in [-0.39, 0.29) is 35.4 Å². The minimum Gasteiger partial charge on any atom is -0.375 e. The van der Waals surface area contributed by atoms with E-state index in [1.165, 1.54) is 29.3 Å². The van der Waals surface area contributed by atoms with Crippen LogP contribution in [0.3, 0.4) is 0 Å². The van der Waals surface area contributed by atoms with Crippen molar-refractivity contribution in [3.05, 3.63) is 30.1 Å². The molecule has 8 heteroatoms. The van der Waals surface area contributed by atoms with Crippen molar-refractivity contribution in [2.45, 2.75) is 49.1 Å². The van der Waals surface area contributed by atoms with Crippen LogP contribution in [0.15, 0.2) is 29.2 Å².